The van der Waals surface area contributed by atoms with Crippen molar-refractivity contribution in [3.8, 4) is 0 Å². The number of hydrogen-bond acceptors (Lipinski definition) is 3. The van der Waals surface area contributed by atoms with Gasteiger partial charge in [-0.2, -0.15) is 0 Å². The zero-order chi connectivity index (χ0) is 11.3. The van der Waals surface area contributed by atoms with Gasteiger partial charge in [-0.3, -0.25) is 0 Å². The molecule has 1 atom stereocenters. The van der Waals surface area contributed by atoms with Gasteiger partial charge >= 0.3 is 0 Å². The molecule has 1 unspecified atom stereocenters. The Balaban J connectivity index is 2.33. The second-order valence-corrected chi connectivity index (χ2v) is 4.10. The second-order valence-electron chi connectivity index (χ2n) is 4.10. The molecule has 15 heavy (non-hydrogen) atoms. The first-order chi connectivity index (χ1) is 7.08. The average molecular weight is 208 g/mol. The van der Waals surface area contributed by atoms with E-state index in [9.17, 15) is 5.11 Å². The molecule has 0 heterocycles. The van der Waals surface area contributed by atoms with Crippen LogP contribution in [0.4, 0.5) is 5.69 Å². The highest BCUT2D eigenvalue weighted by molar-refractivity contribution is 5.39. The third-order valence-corrected chi connectivity index (χ3v) is 2.34. The standard InChI is InChI=1S/C12H20N2O/c1-10(15)9-14(2)8-7-11-3-5-12(13)6-4-11/h3-6,10,15H,7-9,13H2,1-2H3. The van der Waals surface area contributed by atoms with Crippen LogP contribution in [-0.2, 0) is 6.42 Å². The molecule has 0 bridgehead atoms. The molecule has 1 rings (SSSR count). The van der Waals surface area contributed by atoms with Crippen LogP contribution >= 0.6 is 0 Å². The molecule has 0 saturated carbocycles. The second kappa shape index (κ2) is 5.73. The minimum absolute atomic E-state index is 0.263. The first-order valence-corrected chi connectivity index (χ1v) is 5.29. The van der Waals surface area contributed by atoms with E-state index in [1.54, 1.807) is 6.92 Å². The predicted octanol–water partition coefficient (Wildman–Crippen LogP) is 1.12. The van der Waals surface area contributed by atoms with Crippen molar-refractivity contribution >= 4 is 5.69 Å². The van der Waals surface area contributed by atoms with E-state index in [0.29, 0.717) is 0 Å². The Morgan fingerprint density at radius 3 is 2.47 bits per heavy atom. The Kier molecular flexibility index (Phi) is 4.59. The van der Waals surface area contributed by atoms with Crippen LogP contribution in [0.1, 0.15) is 12.5 Å². The van der Waals surface area contributed by atoms with Crippen molar-refractivity contribution in [3.05, 3.63) is 29.8 Å². The summed E-state index contributed by atoms with van der Waals surface area (Å²) in [5.74, 6) is 0. The largest absolute Gasteiger partial charge is 0.399 e. The number of rotatable bonds is 5. The number of nitrogens with zero attached hydrogens (tertiary/aromatic N) is 1. The van der Waals surface area contributed by atoms with Gasteiger partial charge in [-0.1, -0.05) is 12.1 Å². The molecule has 0 aliphatic heterocycles. The lowest BCUT2D eigenvalue weighted by Crippen LogP contribution is -2.29. The van der Waals surface area contributed by atoms with Crippen molar-refractivity contribution in [2.45, 2.75) is 19.4 Å². The fraction of sp³-hybridized carbons (Fsp3) is 0.500. The van der Waals surface area contributed by atoms with Crippen molar-refractivity contribution in [2.24, 2.45) is 0 Å². The topological polar surface area (TPSA) is 49.5 Å². The van der Waals surface area contributed by atoms with Crippen LogP contribution in [0.2, 0.25) is 0 Å². The third kappa shape index (κ3) is 4.81. The zero-order valence-corrected chi connectivity index (χ0v) is 9.48. The number of aliphatic hydroxyl groups is 1. The molecule has 1 aromatic carbocycles. The summed E-state index contributed by atoms with van der Waals surface area (Å²) in [6, 6.07) is 7.94. The predicted molar refractivity (Wildman–Crippen MR) is 63.7 cm³/mol. The normalized spacial score (nSPS) is 13.1. The van der Waals surface area contributed by atoms with Crippen molar-refractivity contribution < 1.29 is 5.11 Å². The molecule has 3 heteroatoms. The molecule has 0 amide bonds. The maximum absolute atomic E-state index is 9.20. The Bertz CT molecular complexity index is 282. The van der Waals surface area contributed by atoms with Gasteiger partial charge in [0.25, 0.3) is 0 Å². The van der Waals surface area contributed by atoms with E-state index in [4.69, 9.17) is 5.73 Å². The van der Waals surface area contributed by atoms with Gasteiger partial charge in [0.15, 0.2) is 0 Å². The van der Waals surface area contributed by atoms with Crippen molar-refractivity contribution in [3.63, 3.8) is 0 Å². The van der Waals surface area contributed by atoms with Gasteiger partial charge in [-0.25, -0.2) is 0 Å². The summed E-state index contributed by atoms with van der Waals surface area (Å²) in [6.07, 6.45) is 0.727. The van der Waals surface area contributed by atoms with Crippen LogP contribution in [0, 0.1) is 0 Å². The van der Waals surface area contributed by atoms with Crippen LogP contribution in [0.3, 0.4) is 0 Å². The smallest absolute Gasteiger partial charge is 0.0638 e. The zero-order valence-electron chi connectivity index (χ0n) is 9.48. The highest BCUT2D eigenvalue weighted by Crippen LogP contribution is 2.06. The van der Waals surface area contributed by atoms with Crippen molar-refractivity contribution in [2.75, 3.05) is 25.9 Å². The molecule has 0 saturated heterocycles. The van der Waals surface area contributed by atoms with E-state index in [0.717, 1.165) is 25.2 Å². The molecule has 3 nitrogen and oxygen atoms in total. The molecule has 0 aromatic heterocycles. The highest BCUT2D eigenvalue weighted by Gasteiger charge is 2.02. The fourth-order valence-corrected chi connectivity index (χ4v) is 1.55. The molecular weight excluding hydrogens is 188 g/mol. The SMILES string of the molecule is CC(O)CN(C)CCc1ccc(N)cc1. The lowest BCUT2D eigenvalue weighted by molar-refractivity contribution is 0.142. The first kappa shape index (κ1) is 12.0. The quantitative estimate of drug-likeness (QED) is 0.713. The molecule has 0 radical (unpaired) electrons. The van der Waals surface area contributed by atoms with Crippen molar-refractivity contribution in [1.29, 1.82) is 0 Å². The van der Waals surface area contributed by atoms with Crippen LogP contribution in [-0.4, -0.2) is 36.2 Å². The summed E-state index contributed by atoms with van der Waals surface area (Å²) in [7, 11) is 2.02. The van der Waals surface area contributed by atoms with E-state index < -0.39 is 0 Å². The summed E-state index contributed by atoms with van der Waals surface area (Å²) in [4.78, 5) is 2.13. The maximum Gasteiger partial charge on any atom is 0.0638 e. The average Bonchev–Trinajstić information content (AvgIpc) is 2.16. The summed E-state index contributed by atoms with van der Waals surface area (Å²) in [5.41, 5.74) is 7.69. The van der Waals surface area contributed by atoms with Crippen molar-refractivity contribution in [1.82, 2.24) is 4.90 Å². The van der Waals surface area contributed by atoms with Gasteiger partial charge in [-0.05, 0) is 38.1 Å². The number of likely N-dealkylation sites (N-methyl/N-ethyl adjacent to an activating group) is 1. The number of nitrogen functional groups attached to an aromatic ring is 1. The van der Waals surface area contributed by atoms with Gasteiger partial charge in [0, 0.05) is 18.8 Å². The first-order valence-electron chi connectivity index (χ1n) is 5.29. The third-order valence-electron chi connectivity index (χ3n) is 2.34. The Hall–Kier alpha value is -1.06. The Morgan fingerprint density at radius 1 is 1.33 bits per heavy atom. The lowest BCUT2D eigenvalue weighted by Gasteiger charge is -2.18. The fourth-order valence-electron chi connectivity index (χ4n) is 1.55. The molecule has 0 aliphatic carbocycles. The molecule has 1 aromatic rings. The molecule has 0 spiro atoms. The highest BCUT2D eigenvalue weighted by atomic mass is 16.3. The van der Waals surface area contributed by atoms with E-state index in [1.807, 2.05) is 31.3 Å². The van der Waals surface area contributed by atoms with Crippen LogP contribution in [0.15, 0.2) is 24.3 Å². The van der Waals surface area contributed by atoms with Gasteiger partial charge in [0.05, 0.1) is 6.10 Å². The van der Waals surface area contributed by atoms with E-state index >= 15 is 0 Å². The molecular formula is C12H20N2O. The van der Waals surface area contributed by atoms with E-state index in [2.05, 4.69) is 4.90 Å². The molecule has 84 valence electrons. The summed E-state index contributed by atoms with van der Waals surface area (Å²) >= 11 is 0. The number of hydrogen-bond donors (Lipinski definition) is 2. The summed E-state index contributed by atoms with van der Waals surface area (Å²) in [5, 5.41) is 9.20. The summed E-state index contributed by atoms with van der Waals surface area (Å²) in [6.45, 7) is 3.48. The van der Waals surface area contributed by atoms with Gasteiger partial charge in [-0.15, -0.1) is 0 Å². The van der Waals surface area contributed by atoms with Crippen LogP contribution < -0.4 is 5.73 Å². The Labute approximate surface area is 91.5 Å². The van der Waals surface area contributed by atoms with Gasteiger partial charge in [0.2, 0.25) is 0 Å². The lowest BCUT2D eigenvalue weighted by atomic mass is 10.1. The number of nitrogens with two attached hydrogens (primary N) is 1. The van der Waals surface area contributed by atoms with E-state index in [-0.39, 0.29) is 6.10 Å². The number of anilines is 1. The van der Waals surface area contributed by atoms with E-state index in [1.165, 1.54) is 5.56 Å². The Morgan fingerprint density at radius 2 is 1.93 bits per heavy atom. The minimum atomic E-state index is -0.263. The van der Waals surface area contributed by atoms with Crippen LogP contribution in [0.25, 0.3) is 0 Å². The monoisotopic (exact) mass is 208 g/mol. The number of benzene rings is 1. The molecule has 0 aliphatic rings. The maximum atomic E-state index is 9.20. The van der Waals surface area contributed by atoms with Gasteiger partial charge in [0.1, 0.15) is 0 Å². The van der Waals surface area contributed by atoms with Gasteiger partial charge < -0.3 is 15.7 Å². The summed E-state index contributed by atoms with van der Waals surface area (Å²) < 4.78 is 0. The molecule has 3 N–H and O–H groups in total. The van der Waals surface area contributed by atoms with Crippen LogP contribution in [0.5, 0.6) is 0 Å². The minimum Gasteiger partial charge on any atom is -0.399 e. The number of aliphatic hydroxyl groups excluding tert-OH is 1. The molecule has 0 fully saturated rings.